The van der Waals surface area contributed by atoms with Gasteiger partial charge in [0.25, 0.3) is 17.4 Å². The van der Waals surface area contributed by atoms with Crippen LogP contribution < -0.4 is 21.5 Å². The molecule has 3 N–H and O–H groups in total. The lowest BCUT2D eigenvalue weighted by Crippen LogP contribution is -2.55. The summed E-state index contributed by atoms with van der Waals surface area (Å²) in [5.41, 5.74) is 1.28. The van der Waals surface area contributed by atoms with Gasteiger partial charge in [-0.15, -0.1) is 0 Å². The SMILES string of the molecule is CC[C@@]1(OC(=O)CNC(=O)[C@H](CC(C)C)NC(=O)[C@H](Cc2ccccc2)NC(=O)CCCCCN2C(=O)C=CC2=O)C(=O)OCc2c1cc1n(c2=O)Cc2cc3c(Br)cccc3nc2-1. The van der Waals surface area contributed by atoms with E-state index in [1.807, 2.05) is 68.4 Å². The van der Waals surface area contributed by atoms with Gasteiger partial charge in [0.1, 0.15) is 25.2 Å². The van der Waals surface area contributed by atoms with E-state index in [0.29, 0.717) is 36.2 Å². The van der Waals surface area contributed by atoms with Crippen LogP contribution >= 0.6 is 15.9 Å². The van der Waals surface area contributed by atoms with Crippen LogP contribution in [0.4, 0.5) is 0 Å². The van der Waals surface area contributed by atoms with Gasteiger partial charge in [0.2, 0.25) is 23.3 Å². The van der Waals surface area contributed by atoms with Gasteiger partial charge in [-0.05, 0) is 61.4 Å². The largest absolute Gasteiger partial charge is 0.457 e. The van der Waals surface area contributed by atoms with E-state index in [4.69, 9.17) is 14.5 Å². The number of rotatable bonds is 18. The number of halogens is 1. The Bertz CT molecular complexity index is 2610. The minimum absolute atomic E-state index is 0.0781. The second kappa shape index (κ2) is 19.5. The number of esters is 2. The van der Waals surface area contributed by atoms with Crippen molar-refractivity contribution >= 4 is 68.3 Å². The smallest absolute Gasteiger partial charge is 0.355 e. The third kappa shape index (κ3) is 9.68. The number of cyclic esters (lactones) is 1. The Morgan fingerprint density at radius 2 is 1.66 bits per heavy atom. The molecule has 2 aromatic heterocycles. The van der Waals surface area contributed by atoms with Crippen molar-refractivity contribution in [2.45, 2.75) is 96.6 Å². The van der Waals surface area contributed by atoms with Crippen LogP contribution in [0.3, 0.4) is 0 Å². The third-order valence-corrected chi connectivity index (χ3v) is 12.3. The molecule has 334 valence electrons. The van der Waals surface area contributed by atoms with Crippen LogP contribution in [0.5, 0.6) is 0 Å². The van der Waals surface area contributed by atoms with Gasteiger partial charge in [-0.2, -0.15) is 0 Å². The van der Waals surface area contributed by atoms with E-state index in [1.54, 1.807) is 17.6 Å². The highest BCUT2D eigenvalue weighted by Crippen LogP contribution is 2.41. The van der Waals surface area contributed by atoms with Crippen LogP contribution in [0, 0.1) is 5.92 Å². The van der Waals surface area contributed by atoms with Crippen LogP contribution in [-0.4, -0.2) is 81.1 Å². The molecule has 0 unspecified atom stereocenters. The molecule has 3 aliphatic rings. The Morgan fingerprint density at radius 1 is 0.906 bits per heavy atom. The Balaban J connectivity index is 1.02. The van der Waals surface area contributed by atoms with Crippen molar-refractivity contribution in [1.82, 2.24) is 30.4 Å². The number of pyridine rings is 2. The molecule has 0 spiro atoms. The van der Waals surface area contributed by atoms with Gasteiger partial charge in [-0.25, -0.2) is 9.78 Å². The van der Waals surface area contributed by atoms with Gasteiger partial charge >= 0.3 is 11.9 Å². The number of ether oxygens (including phenoxy) is 2. The molecule has 0 saturated carbocycles. The summed E-state index contributed by atoms with van der Waals surface area (Å²) >= 11 is 3.57. The standard InChI is InChI=1S/C47H49BrN6O10/c1-4-47(32-23-37-42-29(22-30-33(48)14-11-15-34(30)51-42)25-54(37)45(61)31(32)26-63-46(47)62)64-41(58)24-49-43(59)35(20-27(2)3)52-44(60)36(21-28-12-7-5-8-13-28)50-38(55)16-9-6-10-19-53-39(56)17-18-40(53)57/h5,7-8,11-15,17-18,22-23,27,35-36H,4,6,9-10,16,19-21,24-26H2,1-3H3,(H,49,59)(H,50,55)(H,52,60)/t35-,36-,47-/m0/s1. The molecule has 17 heteroatoms. The van der Waals surface area contributed by atoms with Gasteiger partial charge in [0.05, 0.1) is 29.0 Å². The molecule has 64 heavy (non-hydrogen) atoms. The highest BCUT2D eigenvalue weighted by Gasteiger charge is 2.50. The zero-order valence-corrected chi connectivity index (χ0v) is 37.3. The number of nitrogens with one attached hydrogen (secondary N) is 3. The number of imide groups is 1. The molecule has 7 rings (SSSR count). The van der Waals surface area contributed by atoms with Crippen molar-refractivity contribution in [2.75, 3.05) is 13.1 Å². The van der Waals surface area contributed by atoms with Crippen LogP contribution in [-0.2, 0) is 68.2 Å². The van der Waals surface area contributed by atoms with Crippen molar-refractivity contribution in [2.24, 2.45) is 5.92 Å². The zero-order chi connectivity index (χ0) is 45.7. The number of benzene rings is 2. The maximum Gasteiger partial charge on any atom is 0.355 e. The van der Waals surface area contributed by atoms with Gasteiger partial charge in [0.15, 0.2) is 0 Å². The van der Waals surface area contributed by atoms with E-state index in [2.05, 4.69) is 31.9 Å². The number of hydrogen-bond donors (Lipinski definition) is 3. The maximum atomic E-state index is 14.0. The summed E-state index contributed by atoms with van der Waals surface area (Å²) in [6.07, 6.45) is 4.31. The van der Waals surface area contributed by atoms with E-state index in [-0.39, 0.29) is 80.1 Å². The fourth-order valence-corrected chi connectivity index (χ4v) is 8.79. The van der Waals surface area contributed by atoms with Crippen LogP contribution in [0.15, 0.2) is 82.1 Å². The van der Waals surface area contributed by atoms with Gasteiger partial charge in [-0.1, -0.05) is 79.5 Å². The highest BCUT2D eigenvalue weighted by atomic mass is 79.9. The molecule has 0 fully saturated rings. The summed E-state index contributed by atoms with van der Waals surface area (Å²) in [7, 11) is 0. The minimum Gasteiger partial charge on any atom is -0.457 e. The fourth-order valence-electron chi connectivity index (χ4n) is 8.32. The van der Waals surface area contributed by atoms with Crippen LogP contribution in [0.2, 0.25) is 0 Å². The average molecular weight is 938 g/mol. The molecule has 2 aromatic carbocycles. The predicted molar refractivity (Wildman–Crippen MR) is 237 cm³/mol. The fraction of sp³-hybridized carbons (Fsp3) is 0.383. The van der Waals surface area contributed by atoms with E-state index in [9.17, 15) is 38.4 Å². The molecule has 0 aliphatic carbocycles. The predicted octanol–water partition coefficient (Wildman–Crippen LogP) is 4.25. The van der Waals surface area contributed by atoms with Crippen LogP contribution in [0.1, 0.15) is 81.5 Å². The number of amides is 5. The number of unbranched alkanes of at least 4 members (excludes halogenated alkanes) is 2. The lowest BCUT2D eigenvalue weighted by Gasteiger charge is -2.35. The van der Waals surface area contributed by atoms with Crippen molar-refractivity contribution in [1.29, 1.82) is 0 Å². The summed E-state index contributed by atoms with van der Waals surface area (Å²) in [5, 5.41) is 9.00. The third-order valence-electron chi connectivity index (χ3n) is 11.6. The van der Waals surface area contributed by atoms with E-state index >= 15 is 0 Å². The summed E-state index contributed by atoms with van der Waals surface area (Å²) in [4.78, 5) is 112. The second-order valence-electron chi connectivity index (χ2n) is 16.5. The number of carbonyl (C=O) groups is 7. The topological polar surface area (TPSA) is 212 Å². The first kappa shape index (κ1) is 45.5. The number of aromatic nitrogens is 2. The Morgan fingerprint density at radius 3 is 2.38 bits per heavy atom. The van der Waals surface area contributed by atoms with E-state index < -0.39 is 53.5 Å². The molecule has 5 amide bonds. The highest BCUT2D eigenvalue weighted by molar-refractivity contribution is 9.10. The molecule has 16 nitrogen and oxygen atoms in total. The molecular weight excluding hydrogens is 888 g/mol. The summed E-state index contributed by atoms with van der Waals surface area (Å²) < 4.78 is 13.8. The molecule has 5 heterocycles. The van der Waals surface area contributed by atoms with Gasteiger partial charge < -0.3 is 30.0 Å². The number of fused-ring (bicyclic) bond motifs is 5. The Hall–Kier alpha value is -6.49. The normalized spacial score (nSPS) is 17.1. The van der Waals surface area contributed by atoms with E-state index in [0.717, 1.165) is 25.9 Å². The number of nitrogens with zero attached hydrogens (tertiary/aromatic N) is 3. The quantitative estimate of drug-likeness (QED) is 0.0642. The second-order valence-corrected chi connectivity index (χ2v) is 17.4. The van der Waals surface area contributed by atoms with Gasteiger partial charge in [0, 0.05) is 52.5 Å². The van der Waals surface area contributed by atoms with Crippen molar-refractivity contribution in [3.8, 4) is 11.4 Å². The van der Waals surface area contributed by atoms with Crippen molar-refractivity contribution < 1.29 is 43.0 Å². The van der Waals surface area contributed by atoms with Crippen LogP contribution in [0.25, 0.3) is 22.3 Å². The van der Waals surface area contributed by atoms with Crippen molar-refractivity contribution in [3.05, 3.63) is 110 Å². The molecule has 3 aliphatic heterocycles. The first-order valence-corrected chi connectivity index (χ1v) is 22.2. The summed E-state index contributed by atoms with van der Waals surface area (Å²) in [6.45, 7) is 4.86. The lowest BCUT2D eigenvalue weighted by atomic mass is 9.85. The number of carbonyl (C=O) groups excluding carboxylic acids is 7. The monoisotopic (exact) mass is 936 g/mol. The van der Waals surface area contributed by atoms with Crippen molar-refractivity contribution in [3.63, 3.8) is 0 Å². The average Bonchev–Trinajstić information content (AvgIpc) is 3.80. The molecule has 0 bridgehead atoms. The first-order chi connectivity index (χ1) is 30.7. The molecule has 0 saturated heterocycles. The summed E-state index contributed by atoms with van der Waals surface area (Å²) in [5.74, 6) is -4.33. The zero-order valence-electron chi connectivity index (χ0n) is 35.7. The molecule has 4 aromatic rings. The number of hydrogen-bond acceptors (Lipinski definition) is 11. The van der Waals surface area contributed by atoms with Gasteiger partial charge in [-0.3, -0.25) is 38.5 Å². The Kier molecular flexibility index (Phi) is 13.9. The first-order valence-electron chi connectivity index (χ1n) is 21.4. The maximum absolute atomic E-state index is 14.0. The lowest BCUT2D eigenvalue weighted by molar-refractivity contribution is -0.189. The summed E-state index contributed by atoms with van der Waals surface area (Å²) in [6, 6.07) is 16.2. The molecule has 3 atom stereocenters. The Labute approximate surface area is 377 Å². The molecular formula is C47H49BrN6O10. The molecule has 0 radical (unpaired) electrons. The minimum atomic E-state index is -2.00. The van der Waals surface area contributed by atoms with E-state index in [1.165, 1.54) is 12.2 Å².